The summed E-state index contributed by atoms with van der Waals surface area (Å²) in [5.74, 6) is -0.287. The fourth-order valence-corrected chi connectivity index (χ4v) is 3.72. The van der Waals surface area contributed by atoms with Gasteiger partial charge in [0.1, 0.15) is 5.82 Å². The monoisotopic (exact) mass is 380 g/mol. The number of benzene rings is 2. The first-order valence-corrected chi connectivity index (χ1v) is 9.74. The van der Waals surface area contributed by atoms with Crippen molar-refractivity contribution in [2.45, 2.75) is 13.0 Å². The van der Waals surface area contributed by atoms with E-state index in [1.54, 1.807) is 18.2 Å². The molecule has 28 heavy (non-hydrogen) atoms. The maximum Gasteiger partial charge on any atom is 0.317 e. The van der Waals surface area contributed by atoms with Crippen molar-refractivity contribution in [3.8, 4) is 0 Å². The van der Waals surface area contributed by atoms with Crippen LogP contribution in [-0.2, 0) is 13.0 Å². The molecule has 1 saturated heterocycles. The third-order valence-electron chi connectivity index (χ3n) is 5.42. The van der Waals surface area contributed by atoms with Crippen molar-refractivity contribution in [2.75, 3.05) is 32.7 Å². The van der Waals surface area contributed by atoms with E-state index in [1.807, 2.05) is 11.0 Å². The van der Waals surface area contributed by atoms with Crippen LogP contribution in [0.15, 0.2) is 54.7 Å². The van der Waals surface area contributed by atoms with Crippen LogP contribution < -0.4 is 5.32 Å². The lowest BCUT2D eigenvalue weighted by atomic mass is 10.1. The van der Waals surface area contributed by atoms with Gasteiger partial charge in [-0.05, 0) is 24.1 Å². The third-order valence-corrected chi connectivity index (χ3v) is 5.42. The number of halogens is 1. The van der Waals surface area contributed by atoms with E-state index >= 15 is 0 Å². The zero-order chi connectivity index (χ0) is 19.3. The highest BCUT2D eigenvalue weighted by atomic mass is 19.1. The highest BCUT2D eigenvalue weighted by molar-refractivity contribution is 5.83. The largest absolute Gasteiger partial charge is 0.361 e. The molecule has 1 fully saturated rings. The Morgan fingerprint density at radius 2 is 1.75 bits per heavy atom. The van der Waals surface area contributed by atoms with Crippen molar-refractivity contribution in [1.82, 2.24) is 20.1 Å². The maximum atomic E-state index is 13.7. The predicted molar refractivity (Wildman–Crippen MR) is 109 cm³/mol. The van der Waals surface area contributed by atoms with E-state index < -0.39 is 0 Å². The van der Waals surface area contributed by atoms with Crippen LogP contribution in [-0.4, -0.2) is 53.5 Å². The molecule has 1 aliphatic heterocycles. The molecule has 0 aliphatic carbocycles. The molecule has 0 saturated carbocycles. The number of piperazine rings is 1. The summed E-state index contributed by atoms with van der Waals surface area (Å²) in [5, 5.41) is 4.11. The number of aromatic nitrogens is 1. The number of nitrogens with one attached hydrogen (secondary N) is 2. The SMILES string of the molecule is O=C(NCc1ccccc1F)N1CCN(CCc2c[nH]c3ccccc23)CC1. The minimum Gasteiger partial charge on any atom is -0.361 e. The number of carbonyl (C=O) groups excluding carboxylic acids is 1. The van der Waals surface area contributed by atoms with Crippen LogP contribution in [0.1, 0.15) is 11.1 Å². The van der Waals surface area contributed by atoms with Crippen molar-refractivity contribution in [1.29, 1.82) is 0 Å². The normalized spacial score (nSPS) is 15.1. The highest BCUT2D eigenvalue weighted by Crippen LogP contribution is 2.18. The van der Waals surface area contributed by atoms with Gasteiger partial charge in [-0.25, -0.2) is 9.18 Å². The molecule has 2 heterocycles. The number of para-hydroxylation sites is 1. The molecule has 6 heteroatoms. The molecule has 0 spiro atoms. The van der Waals surface area contributed by atoms with Crippen LogP contribution in [0.2, 0.25) is 0 Å². The van der Waals surface area contributed by atoms with Gasteiger partial charge >= 0.3 is 6.03 Å². The van der Waals surface area contributed by atoms with Gasteiger partial charge in [0.15, 0.2) is 0 Å². The number of carbonyl (C=O) groups is 1. The van der Waals surface area contributed by atoms with E-state index in [2.05, 4.69) is 39.6 Å². The molecule has 2 aromatic carbocycles. The van der Waals surface area contributed by atoms with Crippen molar-refractivity contribution < 1.29 is 9.18 Å². The summed E-state index contributed by atoms with van der Waals surface area (Å²) in [6, 6.07) is 14.8. The third kappa shape index (κ3) is 4.17. The number of H-pyrrole nitrogens is 1. The molecule has 0 radical (unpaired) electrons. The molecule has 2 amide bonds. The van der Waals surface area contributed by atoms with Gasteiger partial charge in [-0.3, -0.25) is 4.90 Å². The zero-order valence-corrected chi connectivity index (χ0v) is 15.8. The number of amides is 2. The lowest BCUT2D eigenvalue weighted by Gasteiger charge is -2.34. The predicted octanol–water partition coefficient (Wildman–Crippen LogP) is 3.38. The summed E-state index contributed by atoms with van der Waals surface area (Å²) < 4.78 is 13.7. The second-order valence-electron chi connectivity index (χ2n) is 7.19. The lowest BCUT2D eigenvalue weighted by molar-refractivity contribution is 0.140. The van der Waals surface area contributed by atoms with Gasteiger partial charge in [-0.2, -0.15) is 0 Å². The van der Waals surface area contributed by atoms with Gasteiger partial charge in [-0.1, -0.05) is 36.4 Å². The summed E-state index contributed by atoms with van der Waals surface area (Å²) in [6.07, 6.45) is 3.08. The summed E-state index contributed by atoms with van der Waals surface area (Å²) in [6.45, 7) is 4.29. The molecule has 146 valence electrons. The molecule has 0 atom stereocenters. The van der Waals surface area contributed by atoms with Crippen molar-refractivity contribution >= 4 is 16.9 Å². The molecule has 4 rings (SSSR count). The Kier molecular flexibility index (Phi) is 5.58. The minimum atomic E-state index is -0.287. The van der Waals surface area contributed by atoms with E-state index in [0.717, 1.165) is 26.1 Å². The first-order chi connectivity index (χ1) is 13.7. The number of urea groups is 1. The Bertz CT molecular complexity index is 946. The number of rotatable bonds is 5. The van der Waals surface area contributed by atoms with Gasteiger partial charge < -0.3 is 15.2 Å². The molecule has 0 unspecified atom stereocenters. The van der Waals surface area contributed by atoms with Gasteiger partial charge in [0.05, 0.1) is 0 Å². The molecule has 0 bridgehead atoms. The highest BCUT2D eigenvalue weighted by Gasteiger charge is 2.21. The summed E-state index contributed by atoms with van der Waals surface area (Å²) in [7, 11) is 0. The van der Waals surface area contributed by atoms with Crippen LogP contribution in [0.3, 0.4) is 0 Å². The van der Waals surface area contributed by atoms with E-state index in [1.165, 1.54) is 22.5 Å². The lowest BCUT2D eigenvalue weighted by Crippen LogP contribution is -2.51. The van der Waals surface area contributed by atoms with Crippen LogP contribution >= 0.6 is 0 Å². The van der Waals surface area contributed by atoms with Crippen molar-refractivity contribution in [3.63, 3.8) is 0 Å². The maximum absolute atomic E-state index is 13.7. The van der Waals surface area contributed by atoms with Crippen LogP contribution in [0.25, 0.3) is 10.9 Å². The molecule has 1 aromatic heterocycles. The molecule has 2 N–H and O–H groups in total. The Labute approximate surface area is 164 Å². The number of aromatic amines is 1. The average Bonchev–Trinajstić information content (AvgIpc) is 3.15. The molecule has 3 aromatic rings. The summed E-state index contributed by atoms with van der Waals surface area (Å²) in [4.78, 5) is 19.9. The van der Waals surface area contributed by atoms with E-state index in [9.17, 15) is 9.18 Å². The second kappa shape index (κ2) is 8.44. The van der Waals surface area contributed by atoms with Crippen LogP contribution in [0, 0.1) is 5.82 Å². The average molecular weight is 380 g/mol. The second-order valence-corrected chi connectivity index (χ2v) is 7.19. The van der Waals surface area contributed by atoms with Gasteiger partial charge in [0.25, 0.3) is 0 Å². The van der Waals surface area contributed by atoms with E-state index in [4.69, 9.17) is 0 Å². The standard InChI is InChI=1S/C22H25FN4O/c23-20-7-3-1-5-18(20)16-25-22(28)27-13-11-26(12-14-27)10-9-17-15-24-21-8-4-2-6-19(17)21/h1-8,15,24H,9-14,16H2,(H,25,28). The van der Waals surface area contributed by atoms with Crippen LogP contribution in [0.4, 0.5) is 9.18 Å². The Morgan fingerprint density at radius 3 is 2.57 bits per heavy atom. The zero-order valence-electron chi connectivity index (χ0n) is 15.8. The Hall–Kier alpha value is -2.86. The number of hydrogen-bond donors (Lipinski definition) is 2. The Balaban J connectivity index is 1.23. The molecule has 1 aliphatic rings. The molecule has 5 nitrogen and oxygen atoms in total. The van der Waals surface area contributed by atoms with E-state index in [-0.39, 0.29) is 18.4 Å². The number of nitrogens with zero attached hydrogens (tertiary/aromatic N) is 2. The van der Waals surface area contributed by atoms with Crippen molar-refractivity contribution in [2.24, 2.45) is 0 Å². The fourth-order valence-electron chi connectivity index (χ4n) is 3.72. The first kappa shape index (κ1) is 18.5. The van der Waals surface area contributed by atoms with E-state index in [0.29, 0.717) is 18.7 Å². The first-order valence-electron chi connectivity index (χ1n) is 9.74. The number of hydrogen-bond acceptors (Lipinski definition) is 2. The smallest absolute Gasteiger partial charge is 0.317 e. The number of fused-ring (bicyclic) bond motifs is 1. The molecular formula is C22H25FN4O. The quantitative estimate of drug-likeness (QED) is 0.713. The topological polar surface area (TPSA) is 51.4 Å². The van der Waals surface area contributed by atoms with Gasteiger partial charge in [0, 0.05) is 61.9 Å². The van der Waals surface area contributed by atoms with Gasteiger partial charge in [-0.15, -0.1) is 0 Å². The van der Waals surface area contributed by atoms with Crippen LogP contribution in [0.5, 0.6) is 0 Å². The molecular weight excluding hydrogens is 355 g/mol. The fraction of sp³-hybridized carbons (Fsp3) is 0.318. The minimum absolute atomic E-state index is 0.125. The van der Waals surface area contributed by atoms with Crippen molar-refractivity contribution in [3.05, 3.63) is 71.7 Å². The summed E-state index contributed by atoms with van der Waals surface area (Å²) >= 11 is 0. The Morgan fingerprint density at radius 1 is 1.00 bits per heavy atom. The summed E-state index contributed by atoms with van der Waals surface area (Å²) in [5.41, 5.74) is 3.02. The van der Waals surface area contributed by atoms with Gasteiger partial charge in [0.2, 0.25) is 0 Å².